The maximum absolute atomic E-state index is 13.8. The van der Waals surface area contributed by atoms with Crippen LogP contribution in [0, 0.1) is 29.6 Å². The van der Waals surface area contributed by atoms with Gasteiger partial charge in [0.15, 0.2) is 0 Å². The van der Waals surface area contributed by atoms with Crippen molar-refractivity contribution in [3.63, 3.8) is 0 Å². The van der Waals surface area contributed by atoms with Crippen LogP contribution in [0.2, 0.25) is 0 Å². The van der Waals surface area contributed by atoms with Gasteiger partial charge in [-0.15, -0.1) is 11.8 Å². The molecular formula is C27H24N2O5S2. The molecule has 1 aromatic heterocycles. The lowest BCUT2D eigenvalue weighted by Crippen LogP contribution is -2.42. The Balaban J connectivity index is 1.29. The van der Waals surface area contributed by atoms with Crippen molar-refractivity contribution in [1.82, 2.24) is 4.98 Å². The number of rotatable bonds is 4. The van der Waals surface area contributed by atoms with Crippen LogP contribution < -0.4 is 19.2 Å². The smallest absolute Gasteiger partial charge is 0.305 e. The normalized spacial score (nSPS) is 31.8. The number of thiazole rings is 1. The fraction of sp³-hybridized carbons (Fsp3) is 0.370. The largest absolute Gasteiger partial charge is 0.497 e. The zero-order valence-corrected chi connectivity index (χ0v) is 21.3. The van der Waals surface area contributed by atoms with E-state index in [-0.39, 0.29) is 57.4 Å². The molecule has 1 saturated heterocycles. The Bertz CT molecular complexity index is 1430. The van der Waals surface area contributed by atoms with Gasteiger partial charge >= 0.3 is 4.87 Å². The Morgan fingerprint density at radius 2 is 1.47 bits per heavy atom. The summed E-state index contributed by atoms with van der Waals surface area (Å²) in [6.07, 6.45) is 0.872. The third-order valence-corrected chi connectivity index (χ3v) is 11.1. The molecule has 184 valence electrons. The number of methoxy groups -OCH3 is 2. The second kappa shape index (κ2) is 7.98. The molecule has 4 aliphatic rings. The molecular weight excluding hydrogens is 496 g/mol. The topological polar surface area (TPSA) is 88.7 Å². The quantitative estimate of drug-likeness (QED) is 0.521. The summed E-state index contributed by atoms with van der Waals surface area (Å²) in [6, 6.07) is 15.2. The number of fused-ring (bicyclic) bond motifs is 9. The molecule has 2 bridgehead atoms. The number of thioether (sulfide) groups is 1. The van der Waals surface area contributed by atoms with Crippen molar-refractivity contribution in [1.29, 1.82) is 0 Å². The highest BCUT2D eigenvalue weighted by Gasteiger charge is 2.69. The van der Waals surface area contributed by atoms with Crippen LogP contribution in [0.15, 0.2) is 58.4 Å². The van der Waals surface area contributed by atoms with Crippen LogP contribution in [0.1, 0.15) is 22.8 Å². The molecule has 7 atom stereocenters. The lowest BCUT2D eigenvalue weighted by molar-refractivity contribution is -0.123. The highest BCUT2D eigenvalue weighted by molar-refractivity contribution is 8.00. The van der Waals surface area contributed by atoms with Crippen LogP contribution in [-0.4, -0.2) is 36.3 Å². The van der Waals surface area contributed by atoms with Crippen molar-refractivity contribution in [2.45, 2.75) is 22.6 Å². The number of benzene rings is 2. The van der Waals surface area contributed by atoms with Crippen LogP contribution in [-0.2, 0) is 9.59 Å². The number of carbonyl (C=O) groups is 2. The van der Waals surface area contributed by atoms with Crippen molar-refractivity contribution in [2.75, 3.05) is 19.1 Å². The predicted molar refractivity (Wildman–Crippen MR) is 137 cm³/mol. The highest BCUT2D eigenvalue weighted by atomic mass is 32.2. The van der Waals surface area contributed by atoms with Crippen molar-refractivity contribution >= 4 is 40.6 Å². The number of hydrogen-bond acceptors (Lipinski definition) is 7. The predicted octanol–water partition coefficient (Wildman–Crippen LogP) is 4.13. The number of H-pyrrole nitrogens is 1. The fourth-order valence-corrected chi connectivity index (χ4v) is 10.1. The number of aromatic amines is 1. The summed E-state index contributed by atoms with van der Waals surface area (Å²) in [6.45, 7) is 0. The fourth-order valence-electron chi connectivity index (χ4n) is 7.19. The molecule has 2 aliphatic carbocycles. The molecule has 7 rings (SSSR count). The molecule has 36 heavy (non-hydrogen) atoms. The van der Waals surface area contributed by atoms with E-state index in [0.717, 1.165) is 27.6 Å². The Morgan fingerprint density at radius 1 is 0.861 bits per heavy atom. The monoisotopic (exact) mass is 520 g/mol. The first-order valence-corrected chi connectivity index (χ1v) is 13.7. The second-order valence-corrected chi connectivity index (χ2v) is 12.1. The van der Waals surface area contributed by atoms with Crippen LogP contribution in [0.5, 0.6) is 11.5 Å². The molecule has 2 aromatic carbocycles. The molecule has 3 aromatic rings. The molecule has 1 N–H and O–H groups in total. The highest BCUT2D eigenvalue weighted by Crippen LogP contribution is 2.68. The molecule has 3 fully saturated rings. The lowest BCUT2D eigenvalue weighted by atomic mass is 9.68. The van der Waals surface area contributed by atoms with Gasteiger partial charge in [0.1, 0.15) is 11.5 Å². The first-order valence-electron chi connectivity index (χ1n) is 12.1. The van der Waals surface area contributed by atoms with Gasteiger partial charge in [-0.2, -0.15) is 0 Å². The SMILES string of the molecule is COc1ccc(C2c3sc(=O)[nH]c3SC3C2[C@H]2C[C@@H]3C3C(=O)N(c4ccc(OC)cc4)C(=O)C32)cc1. The number of amides is 2. The van der Waals surface area contributed by atoms with E-state index in [9.17, 15) is 14.4 Å². The first-order chi connectivity index (χ1) is 17.5. The van der Waals surface area contributed by atoms with Crippen LogP contribution >= 0.6 is 23.1 Å². The number of ether oxygens (including phenoxy) is 2. The van der Waals surface area contributed by atoms with Crippen molar-refractivity contribution in [3.8, 4) is 11.5 Å². The number of hydrogen-bond donors (Lipinski definition) is 1. The molecule has 7 nitrogen and oxygen atoms in total. The zero-order valence-electron chi connectivity index (χ0n) is 19.7. The second-order valence-electron chi connectivity index (χ2n) is 9.94. The van der Waals surface area contributed by atoms with Crippen LogP contribution in [0.25, 0.3) is 0 Å². The Labute approximate surface area is 215 Å². The van der Waals surface area contributed by atoms with Gasteiger partial charge in [0, 0.05) is 16.0 Å². The van der Waals surface area contributed by atoms with Crippen LogP contribution in [0.3, 0.4) is 0 Å². The molecule has 0 spiro atoms. The third kappa shape index (κ3) is 2.96. The van der Waals surface area contributed by atoms with Gasteiger partial charge in [0.25, 0.3) is 0 Å². The van der Waals surface area contributed by atoms with Crippen molar-refractivity contribution in [2.24, 2.45) is 29.6 Å². The molecule has 2 aliphatic heterocycles. The minimum Gasteiger partial charge on any atom is -0.497 e. The van der Waals surface area contributed by atoms with Gasteiger partial charge in [-0.3, -0.25) is 19.3 Å². The minimum absolute atomic E-state index is 0.00925. The van der Waals surface area contributed by atoms with Crippen LogP contribution in [0.4, 0.5) is 5.69 Å². The number of anilines is 1. The van der Waals surface area contributed by atoms with E-state index in [2.05, 4.69) is 17.1 Å². The number of nitrogens with one attached hydrogen (secondary N) is 1. The molecule has 5 unspecified atom stereocenters. The van der Waals surface area contributed by atoms with E-state index in [1.165, 1.54) is 16.2 Å². The number of nitrogens with zero attached hydrogens (tertiary/aromatic N) is 1. The maximum atomic E-state index is 13.8. The van der Waals surface area contributed by atoms with Gasteiger partial charge < -0.3 is 14.5 Å². The van der Waals surface area contributed by atoms with E-state index < -0.39 is 0 Å². The summed E-state index contributed by atoms with van der Waals surface area (Å²) in [5.74, 6) is 1.05. The summed E-state index contributed by atoms with van der Waals surface area (Å²) in [5, 5.41) is 1.09. The molecule has 2 amide bonds. The third-order valence-electron chi connectivity index (χ3n) is 8.53. The van der Waals surface area contributed by atoms with E-state index in [4.69, 9.17) is 9.47 Å². The van der Waals surface area contributed by atoms with Gasteiger partial charge in [0.05, 0.1) is 36.8 Å². The molecule has 9 heteroatoms. The Morgan fingerprint density at radius 3 is 2.11 bits per heavy atom. The van der Waals surface area contributed by atoms with Crippen molar-refractivity contribution in [3.05, 3.63) is 68.6 Å². The number of imide groups is 1. The average molecular weight is 521 g/mol. The van der Waals surface area contributed by atoms with Crippen molar-refractivity contribution < 1.29 is 19.1 Å². The molecule has 2 saturated carbocycles. The average Bonchev–Trinajstić information content (AvgIpc) is 3.63. The number of carbonyl (C=O) groups excluding carboxylic acids is 2. The molecule has 0 radical (unpaired) electrons. The summed E-state index contributed by atoms with van der Waals surface area (Å²) >= 11 is 2.97. The Kier molecular flexibility index (Phi) is 4.92. The summed E-state index contributed by atoms with van der Waals surface area (Å²) < 4.78 is 10.6. The standard InChI is InChI=1S/C27H24N2O5S2/c1-33-14-7-3-12(4-8-14)18-19-16-11-17(22(19)35-24-23(18)36-27(32)28-24)21-20(16)25(30)29(26(21)31)13-5-9-15(34-2)10-6-13/h3-10,16-22H,11H2,1-2H3,(H,28,32)/t16-,17-,18?,19?,20?,21?,22?/m1/s1. The van der Waals surface area contributed by atoms with E-state index >= 15 is 0 Å². The summed E-state index contributed by atoms with van der Waals surface area (Å²) in [5.41, 5.74) is 1.72. The first kappa shape index (κ1) is 22.2. The number of aromatic nitrogens is 1. The maximum Gasteiger partial charge on any atom is 0.305 e. The van der Waals surface area contributed by atoms with E-state index in [1.807, 2.05) is 12.1 Å². The summed E-state index contributed by atoms with van der Waals surface area (Å²) in [4.78, 5) is 45.3. The van der Waals surface area contributed by atoms with E-state index in [1.54, 1.807) is 50.2 Å². The summed E-state index contributed by atoms with van der Waals surface area (Å²) in [7, 11) is 3.24. The zero-order chi connectivity index (χ0) is 24.7. The molecule has 3 heterocycles. The lowest BCUT2D eigenvalue weighted by Gasteiger charge is -2.43. The van der Waals surface area contributed by atoms with Gasteiger partial charge in [-0.05, 0) is 66.1 Å². The van der Waals surface area contributed by atoms with Gasteiger partial charge in [0.2, 0.25) is 11.8 Å². The van der Waals surface area contributed by atoms with Gasteiger partial charge in [-0.1, -0.05) is 23.5 Å². The Hall–Kier alpha value is -3.04. The van der Waals surface area contributed by atoms with Gasteiger partial charge in [-0.25, -0.2) is 0 Å². The van der Waals surface area contributed by atoms with E-state index in [0.29, 0.717) is 11.4 Å². The minimum atomic E-state index is -0.315.